The fraction of sp³-hybridized carbons (Fsp3) is 0.143. The molecule has 1 atom stereocenters. The van der Waals surface area contributed by atoms with Gasteiger partial charge in [0.2, 0.25) is 0 Å². The molecule has 0 aromatic heterocycles. The highest BCUT2D eigenvalue weighted by molar-refractivity contribution is 8.07. The molecule has 0 radical (unpaired) electrons. The number of para-hydroxylation sites is 1. The third kappa shape index (κ3) is 2.57. The second-order valence-corrected chi connectivity index (χ2v) is 7.28. The van der Waals surface area contributed by atoms with Gasteiger partial charge in [-0.2, -0.15) is 10.5 Å². The van der Waals surface area contributed by atoms with Gasteiger partial charge in [0, 0.05) is 5.92 Å². The van der Waals surface area contributed by atoms with Gasteiger partial charge in [0.15, 0.2) is 17.2 Å². The number of hydrogen-bond donors (Lipinski definition) is 2. The standard InChI is InChI=1S/C21H16N4O2S/c1-2-27-18-9-12(7-8-17(18)26)19-13-5-3-4-6-15(13)25-16(11-23)20(24)28-21(25)14(19)10-22/h3-9,19,26H,2,24H2,1H3. The number of phenolic OH excluding ortho intramolecular Hbond substituents is 1. The molecule has 2 aliphatic heterocycles. The molecular formula is C21H16N4O2S. The molecule has 2 aliphatic rings. The number of anilines is 1. The minimum atomic E-state index is -0.356. The molecule has 138 valence electrons. The second-order valence-electron chi connectivity index (χ2n) is 6.24. The van der Waals surface area contributed by atoms with Crippen molar-refractivity contribution in [3.63, 3.8) is 0 Å². The summed E-state index contributed by atoms with van der Waals surface area (Å²) in [6.07, 6.45) is 0. The third-order valence-electron chi connectivity index (χ3n) is 4.72. The summed E-state index contributed by atoms with van der Waals surface area (Å²) in [4.78, 5) is 1.76. The normalized spacial score (nSPS) is 17.7. The van der Waals surface area contributed by atoms with E-state index >= 15 is 0 Å². The molecule has 0 bridgehead atoms. The van der Waals surface area contributed by atoms with Crippen LogP contribution in [0.3, 0.4) is 0 Å². The van der Waals surface area contributed by atoms with Gasteiger partial charge in [-0.25, -0.2) is 0 Å². The predicted octanol–water partition coefficient (Wildman–Crippen LogP) is 3.88. The molecule has 4 rings (SSSR count). The van der Waals surface area contributed by atoms with Crippen molar-refractivity contribution in [2.45, 2.75) is 12.8 Å². The van der Waals surface area contributed by atoms with Gasteiger partial charge in [0.05, 0.1) is 23.9 Å². The molecule has 3 N–H and O–H groups in total. The van der Waals surface area contributed by atoms with E-state index in [0.717, 1.165) is 16.8 Å². The molecule has 0 saturated carbocycles. The SMILES string of the molecule is CCOc1cc(C2C(C#N)=C3SC(N)=C(C#N)N3c3ccccc32)ccc1O. The monoisotopic (exact) mass is 388 g/mol. The van der Waals surface area contributed by atoms with Crippen LogP contribution in [0.4, 0.5) is 5.69 Å². The average Bonchev–Trinajstić information content (AvgIpc) is 3.05. The molecule has 28 heavy (non-hydrogen) atoms. The van der Waals surface area contributed by atoms with Crippen LogP contribution in [0.2, 0.25) is 0 Å². The molecule has 1 unspecified atom stereocenters. The van der Waals surface area contributed by atoms with E-state index in [0.29, 0.717) is 33.7 Å². The van der Waals surface area contributed by atoms with E-state index in [1.807, 2.05) is 31.2 Å². The Morgan fingerprint density at radius 2 is 2.00 bits per heavy atom. The zero-order chi connectivity index (χ0) is 19.8. The Hall–Kier alpha value is -3.55. The highest BCUT2D eigenvalue weighted by atomic mass is 32.2. The van der Waals surface area contributed by atoms with Crippen LogP contribution in [0.15, 0.2) is 63.8 Å². The Morgan fingerprint density at radius 1 is 1.21 bits per heavy atom. The van der Waals surface area contributed by atoms with Gasteiger partial charge < -0.3 is 15.6 Å². The molecule has 0 spiro atoms. The van der Waals surface area contributed by atoms with E-state index in [9.17, 15) is 15.6 Å². The van der Waals surface area contributed by atoms with E-state index in [1.54, 1.807) is 23.1 Å². The number of fused-ring (bicyclic) bond motifs is 3. The third-order valence-corrected chi connectivity index (χ3v) is 5.73. The summed E-state index contributed by atoms with van der Waals surface area (Å²) in [5.41, 5.74) is 9.44. The molecule has 6 nitrogen and oxygen atoms in total. The molecule has 0 saturated heterocycles. The van der Waals surface area contributed by atoms with Crippen LogP contribution >= 0.6 is 11.8 Å². The number of aromatic hydroxyl groups is 1. The Bertz CT molecular complexity index is 1120. The zero-order valence-corrected chi connectivity index (χ0v) is 15.8. The zero-order valence-electron chi connectivity index (χ0n) is 15.0. The first-order valence-electron chi connectivity index (χ1n) is 8.67. The number of ether oxygens (including phenoxy) is 1. The van der Waals surface area contributed by atoms with E-state index in [4.69, 9.17) is 10.5 Å². The lowest BCUT2D eigenvalue weighted by molar-refractivity contribution is 0.317. The summed E-state index contributed by atoms with van der Waals surface area (Å²) in [5.74, 6) is 0.0672. The van der Waals surface area contributed by atoms with Crippen molar-refractivity contribution in [1.82, 2.24) is 0 Å². The Morgan fingerprint density at radius 3 is 2.71 bits per heavy atom. The predicted molar refractivity (Wildman–Crippen MR) is 107 cm³/mol. The number of phenols is 1. The van der Waals surface area contributed by atoms with Crippen molar-refractivity contribution < 1.29 is 9.84 Å². The minimum Gasteiger partial charge on any atom is -0.504 e. The van der Waals surface area contributed by atoms with Crippen LogP contribution in [0.1, 0.15) is 24.0 Å². The highest BCUT2D eigenvalue weighted by Gasteiger charge is 2.40. The minimum absolute atomic E-state index is 0.0513. The first kappa shape index (κ1) is 17.8. The van der Waals surface area contributed by atoms with Crippen molar-refractivity contribution >= 4 is 17.4 Å². The van der Waals surface area contributed by atoms with E-state index in [-0.39, 0.29) is 11.7 Å². The molecule has 2 aromatic carbocycles. The fourth-order valence-electron chi connectivity index (χ4n) is 3.57. The van der Waals surface area contributed by atoms with Gasteiger partial charge in [-0.05, 0) is 36.2 Å². The Labute approximate surface area is 166 Å². The summed E-state index contributed by atoms with van der Waals surface area (Å²) in [6.45, 7) is 2.26. The maximum absolute atomic E-state index is 10.1. The largest absolute Gasteiger partial charge is 0.504 e. The summed E-state index contributed by atoms with van der Waals surface area (Å²) in [6, 6.07) is 17.2. The maximum atomic E-state index is 10.1. The summed E-state index contributed by atoms with van der Waals surface area (Å²) in [5, 5.41) is 30.7. The van der Waals surface area contributed by atoms with Crippen LogP contribution in [0, 0.1) is 22.7 Å². The van der Waals surface area contributed by atoms with Gasteiger partial charge >= 0.3 is 0 Å². The molecule has 7 heteroatoms. The quantitative estimate of drug-likeness (QED) is 0.822. The lowest BCUT2D eigenvalue weighted by atomic mass is 9.82. The van der Waals surface area contributed by atoms with Gasteiger partial charge in [0.25, 0.3) is 0 Å². The number of nitriles is 2. The van der Waals surface area contributed by atoms with E-state index in [2.05, 4.69) is 12.1 Å². The summed E-state index contributed by atoms with van der Waals surface area (Å²) in [7, 11) is 0. The lowest BCUT2D eigenvalue weighted by Gasteiger charge is -2.33. The first-order chi connectivity index (χ1) is 13.6. The molecular weight excluding hydrogens is 372 g/mol. The van der Waals surface area contributed by atoms with Gasteiger partial charge in [-0.15, -0.1) is 0 Å². The molecule has 2 heterocycles. The van der Waals surface area contributed by atoms with Crippen molar-refractivity contribution in [1.29, 1.82) is 10.5 Å². The molecule has 0 fully saturated rings. The van der Waals surface area contributed by atoms with Crippen LogP contribution in [-0.4, -0.2) is 11.7 Å². The summed E-state index contributed by atoms with van der Waals surface area (Å²) >= 11 is 1.23. The lowest BCUT2D eigenvalue weighted by Crippen LogP contribution is -2.26. The summed E-state index contributed by atoms with van der Waals surface area (Å²) < 4.78 is 5.53. The number of nitrogens with zero attached hydrogens (tertiary/aromatic N) is 3. The number of benzene rings is 2. The van der Waals surface area contributed by atoms with E-state index in [1.165, 1.54) is 11.8 Å². The topological polar surface area (TPSA) is 106 Å². The first-order valence-corrected chi connectivity index (χ1v) is 9.49. The Kier molecular flexibility index (Phi) is 4.38. The van der Waals surface area contributed by atoms with Crippen molar-refractivity contribution in [3.8, 4) is 23.6 Å². The van der Waals surface area contributed by atoms with E-state index < -0.39 is 0 Å². The average molecular weight is 388 g/mol. The van der Waals surface area contributed by atoms with Crippen molar-refractivity contribution in [2.75, 3.05) is 11.5 Å². The number of hydrogen-bond acceptors (Lipinski definition) is 7. The number of allylic oxidation sites excluding steroid dienone is 2. The number of thioether (sulfide) groups is 1. The molecule has 0 aliphatic carbocycles. The van der Waals surface area contributed by atoms with Crippen LogP contribution < -0.4 is 15.4 Å². The second kappa shape index (κ2) is 6.88. The number of rotatable bonds is 3. The molecule has 0 amide bonds. The van der Waals surface area contributed by atoms with Gasteiger partial charge in [-0.3, -0.25) is 4.90 Å². The van der Waals surface area contributed by atoms with Crippen LogP contribution in [0.25, 0.3) is 0 Å². The van der Waals surface area contributed by atoms with Crippen molar-refractivity contribution in [2.24, 2.45) is 5.73 Å². The number of nitrogens with two attached hydrogens (primary N) is 1. The maximum Gasteiger partial charge on any atom is 0.161 e. The van der Waals surface area contributed by atoms with Gasteiger partial charge in [-0.1, -0.05) is 36.0 Å². The smallest absolute Gasteiger partial charge is 0.161 e. The van der Waals surface area contributed by atoms with Crippen LogP contribution in [0.5, 0.6) is 11.5 Å². The van der Waals surface area contributed by atoms with Gasteiger partial charge in [0.1, 0.15) is 16.1 Å². The Balaban J connectivity index is 1.96. The van der Waals surface area contributed by atoms with Crippen molar-refractivity contribution in [3.05, 3.63) is 74.9 Å². The molecule has 2 aromatic rings. The van der Waals surface area contributed by atoms with Crippen LogP contribution in [-0.2, 0) is 0 Å². The fourth-order valence-corrected chi connectivity index (χ4v) is 4.57. The highest BCUT2D eigenvalue weighted by Crippen LogP contribution is 2.53.